The van der Waals surface area contributed by atoms with Crippen molar-refractivity contribution in [3.8, 4) is 0 Å². The molecule has 0 saturated carbocycles. The fraction of sp³-hybridized carbons (Fsp3) is 0.200. The van der Waals surface area contributed by atoms with Crippen molar-refractivity contribution < 1.29 is 22.7 Å². The quantitative estimate of drug-likeness (QED) is 0.414. The predicted molar refractivity (Wildman–Crippen MR) is 133 cm³/mol. The number of aryl methyl sites for hydroxylation is 2. The molecule has 3 rings (SSSR count). The summed E-state index contributed by atoms with van der Waals surface area (Å²) in [4.78, 5) is 25.0. The van der Waals surface area contributed by atoms with Crippen molar-refractivity contribution in [1.29, 1.82) is 0 Å². The Hall–Kier alpha value is -3.36. The van der Waals surface area contributed by atoms with Crippen LogP contribution < -0.4 is 10.0 Å². The molecule has 0 bridgehead atoms. The Balaban J connectivity index is 1.72. The fourth-order valence-electron chi connectivity index (χ4n) is 3.10. The van der Waals surface area contributed by atoms with Gasteiger partial charge in [-0.2, -0.15) is 0 Å². The number of benzene rings is 3. The standard InChI is InChI=1S/C25H25ClN2O5S/c1-4-18-8-10-19(11-9-18)27-24(29)17(3)33-25(30)22-15-21(12-13-23(22)26)34(31,32)28-20-7-5-6-16(2)14-20/h5-15,17,28H,4H2,1-3H3,(H,27,29). The van der Waals surface area contributed by atoms with Crippen LogP contribution in [0, 0.1) is 6.92 Å². The van der Waals surface area contributed by atoms with E-state index in [4.69, 9.17) is 16.3 Å². The minimum atomic E-state index is -3.99. The van der Waals surface area contributed by atoms with E-state index in [1.54, 1.807) is 30.3 Å². The molecule has 3 aromatic carbocycles. The summed E-state index contributed by atoms with van der Waals surface area (Å²) in [6.45, 7) is 5.28. The van der Waals surface area contributed by atoms with Crippen molar-refractivity contribution in [2.75, 3.05) is 10.0 Å². The smallest absolute Gasteiger partial charge is 0.340 e. The number of amides is 1. The summed E-state index contributed by atoms with van der Waals surface area (Å²) in [7, 11) is -3.99. The lowest BCUT2D eigenvalue weighted by Gasteiger charge is -2.15. The summed E-state index contributed by atoms with van der Waals surface area (Å²) in [6.07, 6.45) is -0.265. The van der Waals surface area contributed by atoms with E-state index in [0.29, 0.717) is 11.4 Å². The maximum absolute atomic E-state index is 12.8. The van der Waals surface area contributed by atoms with Crippen molar-refractivity contribution in [3.63, 3.8) is 0 Å². The molecular formula is C25H25ClN2O5S. The maximum atomic E-state index is 12.8. The zero-order valence-corrected chi connectivity index (χ0v) is 20.5. The molecule has 9 heteroatoms. The molecule has 0 aliphatic heterocycles. The first kappa shape index (κ1) is 25.3. The van der Waals surface area contributed by atoms with Crippen molar-refractivity contribution >= 4 is 44.9 Å². The van der Waals surface area contributed by atoms with Gasteiger partial charge in [-0.25, -0.2) is 13.2 Å². The van der Waals surface area contributed by atoms with Gasteiger partial charge in [-0.05, 0) is 73.9 Å². The van der Waals surface area contributed by atoms with Gasteiger partial charge >= 0.3 is 5.97 Å². The highest BCUT2D eigenvalue weighted by molar-refractivity contribution is 7.92. The Kier molecular flexibility index (Phi) is 7.96. The molecule has 0 spiro atoms. The molecule has 0 heterocycles. The number of anilines is 2. The van der Waals surface area contributed by atoms with E-state index in [1.807, 2.05) is 32.0 Å². The average Bonchev–Trinajstić information content (AvgIpc) is 2.79. The Morgan fingerprint density at radius 3 is 2.35 bits per heavy atom. The molecule has 0 saturated heterocycles. The van der Waals surface area contributed by atoms with Crippen LogP contribution in [0.1, 0.15) is 35.3 Å². The van der Waals surface area contributed by atoms with Gasteiger partial charge in [0.25, 0.3) is 15.9 Å². The molecule has 1 unspecified atom stereocenters. The predicted octanol–water partition coefficient (Wildman–Crippen LogP) is 5.20. The van der Waals surface area contributed by atoms with Crippen LogP contribution in [0.3, 0.4) is 0 Å². The minimum absolute atomic E-state index is 0.00210. The number of hydrogen-bond acceptors (Lipinski definition) is 5. The van der Waals surface area contributed by atoms with Crippen LogP contribution in [0.2, 0.25) is 5.02 Å². The fourth-order valence-corrected chi connectivity index (χ4v) is 4.37. The third-order valence-electron chi connectivity index (χ3n) is 5.02. The second kappa shape index (κ2) is 10.7. The van der Waals surface area contributed by atoms with Gasteiger partial charge in [0.2, 0.25) is 0 Å². The Morgan fingerprint density at radius 2 is 1.71 bits per heavy atom. The van der Waals surface area contributed by atoms with Gasteiger partial charge in [-0.1, -0.05) is 42.8 Å². The highest BCUT2D eigenvalue weighted by Crippen LogP contribution is 2.24. The van der Waals surface area contributed by atoms with Crippen LogP contribution in [0.25, 0.3) is 0 Å². The summed E-state index contributed by atoms with van der Waals surface area (Å²) in [6, 6.07) is 17.9. The largest absolute Gasteiger partial charge is 0.449 e. The van der Waals surface area contributed by atoms with Gasteiger partial charge < -0.3 is 10.1 Å². The number of carbonyl (C=O) groups is 2. The molecule has 1 atom stereocenters. The molecule has 0 aliphatic rings. The van der Waals surface area contributed by atoms with Gasteiger partial charge in [0, 0.05) is 11.4 Å². The Morgan fingerprint density at radius 1 is 1.00 bits per heavy atom. The van der Waals surface area contributed by atoms with Crippen molar-refractivity contribution in [2.24, 2.45) is 0 Å². The number of carbonyl (C=O) groups excluding carboxylic acids is 2. The molecule has 0 aliphatic carbocycles. The van der Waals surface area contributed by atoms with Crippen LogP contribution in [0.5, 0.6) is 0 Å². The molecule has 34 heavy (non-hydrogen) atoms. The highest BCUT2D eigenvalue weighted by Gasteiger charge is 2.23. The van der Waals surface area contributed by atoms with Crippen molar-refractivity contribution in [2.45, 2.75) is 38.2 Å². The number of esters is 1. The van der Waals surface area contributed by atoms with Crippen LogP contribution in [0.15, 0.2) is 71.6 Å². The lowest BCUT2D eigenvalue weighted by Crippen LogP contribution is -2.30. The van der Waals surface area contributed by atoms with E-state index < -0.39 is 28.0 Å². The highest BCUT2D eigenvalue weighted by atomic mass is 35.5. The van der Waals surface area contributed by atoms with Gasteiger partial charge in [0.15, 0.2) is 6.10 Å². The molecule has 7 nitrogen and oxygen atoms in total. The lowest BCUT2D eigenvalue weighted by atomic mass is 10.1. The SMILES string of the molecule is CCc1ccc(NC(=O)C(C)OC(=O)c2cc(S(=O)(=O)Nc3cccc(C)c3)ccc2Cl)cc1. The van der Waals surface area contributed by atoms with Crippen molar-refractivity contribution in [3.05, 3.63) is 88.4 Å². The van der Waals surface area contributed by atoms with E-state index >= 15 is 0 Å². The number of nitrogens with one attached hydrogen (secondary N) is 2. The normalized spacial score (nSPS) is 12.0. The molecule has 3 aromatic rings. The zero-order chi connectivity index (χ0) is 24.9. The van der Waals surface area contributed by atoms with E-state index in [-0.39, 0.29) is 15.5 Å². The van der Waals surface area contributed by atoms with Gasteiger partial charge in [-0.3, -0.25) is 9.52 Å². The Bertz CT molecular complexity index is 1310. The number of hydrogen-bond donors (Lipinski definition) is 2. The molecule has 2 N–H and O–H groups in total. The van der Waals surface area contributed by atoms with Crippen molar-refractivity contribution in [1.82, 2.24) is 0 Å². The second-order valence-electron chi connectivity index (χ2n) is 7.70. The molecule has 0 aromatic heterocycles. The monoisotopic (exact) mass is 500 g/mol. The second-order valence-corrected chi connectivity index (χ2v) is 9.79. The minimum Gasteiger partial charge on any atom is -0.449 e. The first-order valence-electron chi connectivity index (χ1n) is 10.6. The van der Waals surface area contributed by atoms with Crippen LogP contribution in [-0.2, 0) is 26.0 Å². The number of ether oxygens (including phenoxy) is 1. The van der Waals surface area contributed by atoms with E-state index in [0.717, 1.165) is 23.6 Å². The first-order valence-corrected chi connectivity index (χ1v) is 12.4. The van der Waals surface area contributed by atoms with E-state index in [2.05, 4.69) is 10.0 Å². The average molecular weight is 501 g/mol. The van der Waals surface area contributed by atoms with Gasteiger partial charge in [-0.15, -0.1) is 0 Å². The van der Waals surface area contributed by atoms with Crippen LogP contribution >= 0.6 is 11.6 Å². The summed E-state index contributed by atoms with van der Waals surface area (Å²) < 4.78 is 33.3. The maximum Gasteiger partial charge on any atom is 0.340 e. The number of sulfonamides is 1. The number of halogens is 1. The zero-order valence-electron chi connectivity index (χ0n) is 19.0. The van der Waals surface area contributed by atoms with Gasteiger partial charge in [0.1, 0.15) is 0 Å². The third kappa shape index (κ3) is 6.36. The molecule has 0 fully saturated rings. The molecule has 0 radical (unpaired) electrons. The lowest BCUT2D eigenvalue weighted by molar-refractivity contribution is -0.123. The van der Waals surface area contributed by atoms with E-state index in [9.17, 15) is 18.0 Å². The van der Waals surface area contributed by atoms with E-state index in [1.165, 1.54) is 19.1 Å². The summed E-state index contributed by atoms with van der Waals surface area (Å²) in [5.74, 6) is -1.44. The summed E-state index contributed by atoms with van der Waals surface area (Å²) in [5, 5.41) is 2.68. The summed E-state index contributed by atoms with van der Waals surface area (Å²) >= 11 is 6.13. The Labute approximate surface area is 204 Å². The van der Waals surface area contributed by atoms with Crippen LogP contribution in [0.4, 0.5) is 11.4 Å². The molecular weight excluding hydrogens is 476 g/mol. The third-order valence-corrected chi connectivity index (χ3v) is 6.73. The van der Waals surface area contributed by atoms with Gasteiger partial charge in [0.05, 0.1) is 15.5 Å². The number of rotatable bonds is 8. The first-order chi connectivity index (χ1) is 16.1. The topological polar surface area (TPSA) is 102 Å². The summed E-state index contributed by atoms with van der Waals surface area (Å²) in [5.41, 5.74) is 2.79. The molecule has 1 amide bonds. The van der Waals surface area contributed by atoms with Crippen LogP contribution in [-0.4, -0.2) is 26.4 Å². The molecule has 178 valence electrons.